The second kappa shape index (κ2) is 20.0. The summed E-state index contributed by atoms with van der Waals surface area (Å²) in [5.41, 5.74) is 22.0. The van der Waals surface area contributed by atoms with E-state index in [0.717, 1.165) is 25.7 Å². The molecule has 56 heavy (non-hydrogen) atoms. The first-order valence-corrected chi connectivity index (χ1v) is 18.1. The molecule has 4 heteroatoms. The second-order valence-electron chi connectivity index (χ2n) is 13.6. The van der Waals surface area contributed by atoms with Crippen LogP contribution in [0.25, 0.3) is 44.5 Å². The topological polar surface area (TPSA) is 0 Å². The molecule has 268 valence electrons. The van der Waals surface area contributed by atoms with E-state index in [0.29, 0.717) is 0 Å². The summed E-state index contributed by atoms with van der Waals surface area (Å²) >= 11 is 0. The Balaban J connectivity index is 0.000000140. The van der Waals surface area contributed by atoms with E-state index in [1.807, 2.05) is 24.3 Å². The fourth-order valence-corrected chi connectivity index (χ4v) is 7.99. The Bertz CT molecular complexity index is 2030. The van der Waals surface area contributed by atoms with Gasteiger partial charge in [-0.2, -0.15) is 119 Å². The van der Waals surface area contributed by atoms with Crippen LogP contribution >= 0.6 is 0 Å². The molecule has 4 aliphatic carbocycles. The molecule has 0 bridgehead atoms. The van der Waals surface area contributed by atoms with Crippen LogP contribution in [0.3, 0.4) is 0 Å². The Morgan fingerprint density at radius 3 is 0.679 bits per heavy atom. The standard InChI is InChI=1S/4C13H9.2BrH.2Ti/c4*1-3-7-12-10(5-1)9-11-6-2-4-8-13(11)12;;;;/h4*1-5,7-8H,9H2;2*1H;;/q4*-1;;;2*+2/p-2. The van der Waals surface area contributed by atoms with Crippen molar-refractivity contribution in [2.75, 3.05) is 0 Å². The van der Waals surface area contributed by atoms with Crippen molar-refractivity contribution >= 4 is 0 Å². The van der Waals surface area contributed by atoms with Gasteiger partial charge in [-0.25, -0.2) is 0 Å². The van der Waals surface area contributed by atoms with Gasteiger partial charge in [0.25, 0.3) is 0 Å². The van der Waals surface area contributed by atoms with Crippen LogP contribution in [0.1, 0.15) is 44.5 Å². The predicted molar refractivity (Wildman–Crippen MR) is 214 cm³/mol. The molecule has 12 rings (SSSR count). The maximum Gasteiger partial charge on any atom is 2.00 e. The van der Waals surface area contributed by atoms with E-state index in [2.05, 4.69) is 170 Å². The smallest absolute Gasteiger partial charge is 1.00 e. The molecule has 8 aromatic carbocycles. The number of halogens is 2. The van der Waals surface area contributed by atoms with Gasteiger partial charge in [0.1, 0.15) is 0 Å². The summed E-state index contributed by atoms with van der Waals surface area (Å²) < 4.78 is 0. The Morgan fingerprint density at radius 2 is 0.446 bits per heavy atom. The van der Waals surface area contributed by atoms with Crippen LogP contribution in [-0.4, -0.2) is 0 Å². The summed E-state index contributed by atoms with van der Waals surface area (Å²) in [4.78, 5) is 0. The molecule has 0 unspecified atom stereocenters. The quantitative estimate of drug-likeness (QED) is 0.125. The fraction of sp³-hybridized carbons (Fsp3) is 0.0769. The molecule has 0 nitrogen and oxygen atoms in total. The molecular weight excluding hydrogens is 880 g/mol. The third kappa shape index (κ3) is 8.98. The van der Waals surface area contributed by atoms with Gasteiger partial charge in [-0.05, 0) is 25.7 Å². The molecule has 0 spiro atoms. The molecule has 0 aliphatic heterocycles. The summed E-state index contributed by atoms with van der Waals surface area (Å²) in [7, 11) is 0. The minimum absolute atomic E-state index is 0. The minimum Gasteiger partial charge on any atom is -1.00 e. The van der Waals surface area contributed by atoms with Crippen LogP contribution < -0.4 is 34.0 Å². The van der Waals surface area contributed by atoms with Gasteiger partial charge in [-0.1, -0.05) is 142 Å². The fourth-order valence-electron chi connectivity index (χ4n) is 7.99. The van der Waals surface area contributed by atoms with Crippen molar-refractivity contribution in [3.63, 3.8) is 0 Å². The van der Waals surface area contributed by atoms with E-state index in [1.54, 1.807) is 0 Å². The number of benzene rings is 8. The van der Waals surface area contributed by atoms with Gasteiger partial charge in [0.05, 0.1) is 0 Å². The van der Waals surface area contributed by atoms with Crippen molar-refractivity contribution in [2.45, 2.75) is 25.7 Å². The van der Waals surface area contributed by atoms with Crippen LogP contribution in [-0.2, 0) is 69.1 Å². The summed E-state index contributed by atoms with van der Waals surface area (Å²) in [5.74, 6) is 0. The number of rotatable bonds is 0. The summed E-state index contributed by atoms with van der Waals surface area (Å²) in [6.07, 6.45) is 4.19. The van der Waals surface area contributed by atoms with Crippen LogP contribution in [0, 0.1) is 24.3 Å². The zero-order valence-corrected chi connectivity index (χ0v) is 37.0. The van der Waals surface area contributed by atoms with Crippen molar-refractivity contribution in [3.8, 4) is 44.5 Å². The summed E-state index contributed by atoms with van der Waals surface area (Å²) in [5, 5.41) is 0. The molecule has 0 N–H and O–H groups in total. The zero-order valence-electron chi connectivity index (χ0n) is 30.8. The van der Waals surface area contributed by atoms with Crippen molar-refractivity contribution in [1.82, 2.24) is 0 Å². The molecule has 0 aromatic heterocycles. The summed E-state index contributed by atoms with van der Waals surface area (Å²) in [6, 6.07) is 72.4. The average molecular weight is 916 g/mol. The van der Waals surface area contributed by atoms with Gasteiger partial charge in [0.2, 0.25) is 0 Å². The van der Waals surface area contributed by atoms with E-state index in [1.165, 1.54) is 89.0 Å². The number of fused-ring (bicyclic) bond motifs is 12. The van der Waals surface area contributed by atoms with Crippen molar-refractivity contribution < 1.29 is 77.4 Å². The van der Waals surface area contributed by atoms with E-state index < -0.39 is 0 Å². The molecule has 4 aliphatic rings. The number of hydrogen-bond acceptors (Lipinski definition) is 0. The second-order valence-corrected chi connectivity index (χ2v) is 13.6. The number of hydrogen-bond donors (Lipinski definition) is 0. The van der Waals surface area contributed by atoms with Crippen LogP contribution in [0.2, 0.25) is 0 Å². The van der Waals surface area contributed by atoms with E-state index in [9.17, 15) is 0 Å². The summed E-state index contributed by atoms with van der Waals surface area (Å²) in [6.45, 7) is 0. The third-order valence-corrected chi connectivity index (χ3v) is 10.5. The maximum absolute atomic E-state index is 3.30. The van der Waals surface area contributed by atoms with Crippen molar-refractivity contribution in [3.05, 3.63) is 239 Å². The van der Waals surface area contributed by atoms with Gasteiger partial charge < -0.3 is 34.0 Å². The molecule has 0 fully saturated rings. The Morgan fingerprint density at radius 1 is 0.250 bits per heavy atom. The van der Waals surface area contributed by atoms with E-state index in [4.69, 9.17) is 0 Å². The molecular formula is C52H36Br2Ti2-2. The first-order valence-electron chi connectivity index (χ1n) is 18.1. The first-order chi connectivity index (χ1) is 25.8. The molecule has 0 amide bonds. The van der Waals surface area contributed by atoms with Gasteiger partial charge in [-0.3, -0.25) is 0 Å². The van der Waals surface area contributed by atoms with Crippen LogP contribution in [0.4, 0.5) is 0 Å². The molecule has 0 radical (unpaired) electrons. The van der Waals surface area contributed by atoms with Gasteiger partial charge in [0, 0.05) is 0 Å². The third-order valence-electron chi connectivity index (χ3n) is 10.5. The minimum atomic E-state index is 0. The van der Waals surface area contributed by atoms with E-state index in [-0.39, 0.29) is 77.4 Å². The van der Waals surface area contributed by atoms with Gasteiger partial charge >= 0.3 is 43.4 Å². The Hall–Kier alpha value is -3.85. The van der Waals surface area contributed by atoms with Gasteiger partial charge in [-0.15, -0.1) is 22.3 Å². The molecule has 0 atom stereocenters. The average Bonchev–Trinajstić information content (AvgIpc) is 3.98. The van der Waals surface area contributed by atoms with Crippen LogP contribution in [0.5, 0.6) is 0 Å². The molecule has 0 saturated carbocycles. The monoisotopic (exact) mass is 914 g/mol. The van der Waals surface area contributed by atoms with Gasteiger partial charge in [0.15, 0.2) is 0 Å². The Labute approximate surface area is 382 Å². The molecule has 0 heterocycles. The van der Waals surface area contributed by atoms with Crippen LogP contribution in [0.15, 0.2) is 170 Å². The molecule has 0 saturated heterocycles. The normalized spacial score (nSPS) is 11.4. The maximum atomic E-state index is 3.30. The molecule has 8 aromatic rings. The van der Waals surface area contributed by atoms with Crippen molar-refractivity contribution in [2.24, 2.45) is 0 Å². The Kier molecular flexibility index (Phi) is 15.5. The van der Waals surface area contributed by atoms with E-state index >= 15 is 0 Å². The predicted octanol–water partition coefficient (Wildman–Crippen LogP) is 6.23. The largest absolute Gasteiger partial charge is 2.00 e. The first kappa shape index (κ1) is 43.3. The SMILES string of the molecule is [Br-].[Br-].[Ti+2].[Ti+2].[c-]1cccc2c1Cc1ccccc1-2.[c-]1cccc2c1Cc1ccccc1-2.[c-]1cccc2c1Cc1ccccc1-2.[c-]1cccc2c1Cc1ccccc1-2. The zero-order chi connectivity index (χ0) is 34.7. The van der Waals surface area contributed by atoms with Crippen molar-refractivity contribution in [1.29, 1.82) is 0 Å².